The van der Waals surface area contributed by atoms with Crippen LogP contribution in [-0.4, -0.2) is 47.5 Å². The Kier molecular flexibility index (Phi) is 6.00. The molecule has 1 aliphatic rings. The fourth-order valence-electron chi connectivity index (χ4n) is 2.17. The zero-order chi connectivity index (χ0) is 15.9. The quantitative estimate of drug-likeness (QED) is 0.630. The van der Waals surface area contributed by atoms with Crippen molar-refractivity contribution in [3.05, 3.63) is 41.7 Å². The zero-order valence-electron chi connectivity index (χ0n) is 12.3. The van der Waals surface area contributed by atoms with Crippen LogP contribution < -0.4 is 0 Å². The number of hydrogen-bond donors (Lipinski definition) is 0. The monoisotopic (exact) mass is 323 g/mol. The van der Waals surface area contributed by atoms with E-state index in [1.54, 1.807) is 36.9 Å². The van der Waals surface area contributed by atoms with Crippen molar-refractivity contribution in [2.24, 2.45) is 0 Å². The minimum absolute atomic E-state index is 0.285. The zero-order valence-corrected chi connectivity index (χ0v) is 13.1. The van der Waals surface area contributed by atoms with Crippen molar-refractivity contribution < 1.29 is 18.7 Å². The van der Waals surface area contributed by atoms with Crippen LogP contribution in [0.5, 0.6) is 0 Å². The summed E-state index contributed by atoms with van der Waals surface area (Å²) in [5, 5.41) is 0. The Morgan fingerprint density at radius 1 is 1.45 bits per heavy atom. The number of amides is 1. The summed E-state index contributed by atoms with van der Waals surface area (Å²) < 4.78 is 18.5. The van der Waals surface area contributed by atoms with E-state index in [4.69, 9.17) is 4.74 Å². The maximum atomic E-state index is 13.5. The molecule has 1 heterocycles. The van der Waals surface area contributed by atoms with Crippen LogP contribution in [0.4, 0.5) is 4.39 Å². The first-order valence-corrected chi connectivity index (χ1v) is 8.26. The van der Waals surface area contributed by atoms with E-state index in [1.807, 2.05) is 0 Å². The van der Waals surface area contributed by atoms with Crippen molar-refractivity contribution >= 4 is 29.7 Å². The smallest absolute Gasteiger partial charge is 0.329 e. The van der Waals surface area contributed by atoms with Gasteiger partial charge in [-0.2, -0.15) is 11.8 Å². The molecule has 0 N–H and O–H groups in total. The lowest BCUT2D eigenvalue weighted by Crippen LogP contribution is -2.50. The van der Waals surface area contributed by atoms with Gasteiger partial charge in [-0.3, -0.25) is 4.79 Å². The average Bonchev–Trinajstić information content (AvgIpc) is 2.54. The molecule has 1 aliphatic heterocycles. The number of hydrogen-bond acceptors (Lipinski definition) is 4. The minimum atomic E-state index is -0.573. The molecule has 1 fully saturated rings. The first-order chi connectivity index (χ1) is 10.6. The van der Waals surface area contributed by atoms with Crippen LogP contribution in [-0.2, 0) is 14.3 Å². The van der Waals surface area contributed by atoms with E-state index >= 15 is 0 Å². The molecule has 0 saturated carbocycles. The Morgan fingerprint density at radius 3 is 2.95 bits per heavy atom. The number of carbonyl (C=O) groups is 2. The molecule has 1 unspecified atom stereocenters. The number of ether oxygens (including phenoxy) is 1. The maximum absolute atomic E-state index is 13.5. The van der Waals surface area contributed by atoms with Crippen molar-refractivity contribution in [3.63, 3.8) is 0 Å². The van der Waals surface area contributed by atoms with E-state index in [-0.39, 0.29) is 24.3 Å². The number of nitrogens with zero attached hydrogens (tertiary/aromatic N) is 1. The van der Waals surface area contributed by atoms with E-state index in [9.17, 15) is 14.0 Å². The molecule has 1 amide bonds. The van der Waals surface area contributed by atoms with E-state index in [0.29, 0.717) is 17.9 Å². The molecule has 4 nitrogen and oxygen atoms in total. The summed E-state index contributed by atoms with van der Waals surface area (Å²) in [5.74, 6) is 0.222. The van der Waals surface area contributed by atoms with Gasteiger partial charge in [0.05, 0.1) is 6.61 Å². The fraction of sp³-hybridized carbons (Fsp3) is 0.375. The predicted octanol–water partition coefficient (Wildman–Crippen LogP) is 2.35. The minimum Gasteiger partial charge on any atom is -0.464 e. The standard InChI is InChI=1S/C16H18FNO3S/c1-2-21-16(20)14-11-22-10-9-18(14)15(19)8-7-12-5-3-4-6-13(12)17/h3-8,14H,2,9-11H2,1H3. The number of thioether (sulfide) groups is 1. The third kappa shape index (κ3) is 4.10. The molecule has 1 saturated heterocycles. The lowest BCUT2D eigenvalue weighted by Gasteiger charge is -2.32. The van der Waals surface area contributed by atoms with Crippen LogP contribution in [0.2, 0.25) is 0 Å². The van der Waals surface area contributed by atoms with Gasteiger partial charge in [-0.15, -0.1) is 0 Å². The number of esters is 1. The van der Waals surface area contributed by atoms with E-state index < -0.39 is 6.04 Å². The molecule has 118 valence electrons. The molecule has 1 aromatic carbocycles. The van der Waals surface area contributed by atoms with Gasteiger partial charge in [-0.1, -0.05) is 18.2 Å². The summed E-state index contributed by atoms with van der Waals surface area (Å²) in [7, 11) is 0. The van der Waals surface area contributed by atoms with Crippen LogP contribution in [0.1, 0.15) is 12.5 Å². The topological polar surface area (TPSA) is 46.6 Å². The summed E-state index contributed by atoms with van der Waals surface area (Å²) in [4.78, 5) is 25.7. The molecule has 6 heteroatoms. The molecule has 0 radical (unpaired) electrons. The Labute approximate surface area is 133 Å². The number of benzene rings is 1. The molecular formula is C16H18FNO3S. The summed E-state index contributed by atoms with van der Waals surface area (Å²) in [6.45, 7) is 2.50. The third-order valence-corrected chi connectivity index (χ3v) is 4.30. The third-order valence-electron chi connectivity index (χ3n) is 3.28. The number of rotatable bonds is 4. The molecular weight excluding hydrogens is 305 g/mol. The molecule has 2 rings (SSSR count). The van der Waals surface area contributed by atoms with Gasteiger partial charge in [0.1, 0.15) is 11.9 Å². The van der Waals surface area contributed by atoms with E-state index in [0.717, 1.165) is 5.75 Å². The SMILES string of the molecule is CCOC(=O)C1CSCCN1C(=O)C=Cc1ccccc1F. The van der Waals surface area contributed by atoms with Gasteiger partial charge in [0, 0.05) is 29.7 Å². The van der Waals surface area contributed by atoms with Crippen molar-refractivity contribution in [2.75, 3.05) is 24.7 Å². The highest BCUT2D eigenvalue weighted by Crippen LogP contribution is 2.18. The van der Waals surface area contributed by atoms with E-state index in [1.165, 1.54) is 23.1 Å². The van der Waals surface area contributed by atoms with Crippen molar-refractivity contribution in [3.8, 4) is 0 Å². The Bertz CT molecular complexity index is 576. The lowest BCUT2D eigenvalue weighted by molar-refractivity contribution is -0.152. The Hall–Kier alpha value is -1.82. The average molecular weight is 323 g/mol. The maximum Gasteiger partial charge on any atom is 0.329 e. The molecule has 0 bridgehead atoms. The lowest BCUT2D eigenvalue weighted by atomic mass is 10.2. The van der Waals surface area contributed by atoms with E-state index in [2.05, 4.69) is 0 Å². The van der Waals surface area contributed by atoms with Gasteiger partial charge >= 0.3 is 5.97 Å². The van der Waals surface area contributed by atoms with Gasteiger partial charge in [0.25, 0.3) is 0 Å². The van der Waals surface area contributed by atoms with Gasteiger partial charge in [-0.05, 0) is 19.1 Å². The van der Waals surface area contributed by atoms with Gasteiger partial charge in [0.15, 0.2) is 0 Å². The second-order valence-corrected chi connectivity index (χ2v) is 5.88. The Balaban J connectivity index is 2.09. The largest absolute Gasteiger partial charge is 0.464 e. The second kappa shape index (κ2) is 7.98. The highest BCUT2D eigenvalue weighted by molar-refractivity contribution is 7.99. The summed E-state index contributed by atoms with van der Waals surface area (Å²) in [5.41, 5.74) is 0.343. The molecule has 22 heavy (non-hydrogen) atoms. The van der Waals surface area contributed by atoms with Crippen molar-refractivity contribution in [1.29, 1.82) is 0 Å². The van der Waals surface area contributed by atoms with Crippen LogP contribution in [0, 0.1) is 5.82 Å². The van der Waals surface area contributed by atoms with Gasteiger partial charge in [-0.25, -0.2) is 9.18 Å². The molecule has 0 aliphatic carbocycles. The molecule has 0 spiro atoms. The van der Waals surface area contributed by atoms with Gasteiger partial charge < -0.3 is 9.64 Å². The number of carbonyl (C=O) groups excluding carboxylic acids is 2. The summed E-state index contributed by atoms with van der Waals surface area (Å²) >= 11 is 1.62. The fourth-order valence-corrected chi connectivity index (χ4v) is 3.20. The highest BCUT2D eigenvalue weighted by Gasteiger charge is 2.32. The number of halogens is 1. The van der Waals surface area contributed by atoms with Crippen molar-refractivity contribution in [2.45, 2.75) is 13.0 Å². The highest BCUT2D eigenvalue weighted by atomic mass is 32.2. The van der Waals surface area contributed by atoms with Crippen LogP contribution in [0.25, 0.3) is 6.08 Å². The Morgan fingerprint density at radius 2 is 2.23 bits per heavy atom. The summed E-state index contributed by atoms with van der Waals surface area (Å²) in [6, 6.07) is 5.65. The van der Waals surface area contributed by atoms with Crippen LogP contribution >= 0.6 is 11.8 Å². The first-order valence-electron chi connectivity index (χ1n) is 7.11. The first kappa shape index (κ1) is 16.5. The molecule has 1 atom stereocenters. The molecule has 1 aromatic rings. The predicted molar refractivity (Wildman–Crippen MR) is 84.9 cm³/mol. The molecule has 0 aromatic heterocycles. The van der Waals surface area contributed by atoms with Crippen LogP contribution in [0.3, 0.4) is 0 Å². The van der Waals surface area contributed by atoms with Gasteiger partial charge in [0.2, 0.25) is 5.91 Å². The normalized spacial score (nSPS) is 18.5. The van der Waals surface area contributed by atoms with Crippen LogP contribution in [0.15, 0.2) is 30.3 Å². The summed E-state index contributed by atoms with van der Waals surface area (Å²) in [6.07, 6.45) is 2.74. The van der Waals surface area contributed by atoms with Crippen molar-refractivity contribution in [1.82, 2.24) is 4.90 Å². The second-order valence-electron chi connectivity index (χ2n) is 4.73.